The molecular weight excluding hydrogens is 404 g/mol. The lowest BCUT2D eigenvalue weighted by atomic mass is 10.1. The second kappa shape index (κ2) is 9.29. The molecule has 0 bridgehead atoms. The summed E-state index contributed by atoms with van der Waals surface area (Å²) in [5.74, 6) is -0.266. The van der Waals surface area contributed by atoms with Gasteiger partial charge in [0.15, 0.2) is 0 Å². The van der Waals surface area contributed by atoms with Crippen molar-refractivity contribution in [3.63, 3.8) is 0 Å². The molecule has 1 fully saturated rings. The fourth-order valence-corrected chi connectivity index (χ4v) is 3.42. The summed E-state index contributed by atoms with van der Waals surface area (Å²) >= 11 is 0. The van der Waals surface area contributed by atoms with Gasteiger partial charge in [0.2, 0.25) is 0 Å². The van der Waals surface area contributed by atoms with Crippen molar-refractivity contribution in [1.29, 1.82) is 0 Å². The molecule has 6 nitrogen and oxygen atoms in total. The smallest absolute Gasteiger partial charge is 0.379 e. The number of hydrogen-bond donors (Lipinski definition) is 1. The summed E-state index contributed by atoms with van der Waals surface area (Å²) in [5.41, 5.74) is -0.571. The number of rotatable bonds is 7. The van der Waals surface area contributed by atoms with Crippen LogP contribution in [0.1, 0.15) is 12.0 Å². The molecule has 0 unspecified atom stereocenters. The van der Waals surface area contributed by atoms with Crippen LogP contribution >= 0.6 is 0 Å². The molecule has 0 saturated carbocycles. The number of nitro groups is 1. The Morgan fingerprint density at radius 1 is 1.03 bits per heavy atom. The molecule has 0 aliphatic carbocycles. The largest absolute Gasteiger partial charge is 0.416 e. The van der Waals surface area contributed by atoms with Gasteiger partial charge < -0.3 is 10.2 Å². The Balaban J connectivity index is 1.45. The van der Waals surface area contributed by atoms with Crippen LogP contribution in [0.3, 0.4) is 0 Å². The van der Waals surface area contributed by atoms with Gasteiger partial charge in [-0.3, -0.25) is 15.0 Å². The highest BCUT2D eigenvalue weighted by Gasteiger charge is 2.33. The number of hydrogen-bond acceptors (Lipinski definition) is 5. The quantitative estimate of drug-likeness (QED) is 0.308. The zero-order valence-electron chi connectivity index (χ0n) is 16.2. The van der Waals surface area contributed by atoms with Crippen LogP contribution in [0.5, 0.6) is 0 Å². The van der Waals surface area contributed by atoms with E-state index in [9.17, 15) is 27.7 Å². The Hall–Kier alpha value is -2.88. The van der Waals surface area contributed by atoms with Gasteiger partial charge in [-0.25, -0.2) is 4.39 Å². The fraction of sp³-hybridized carbons (Fsp3) is 0.400. The molecule has 0 radical (unpaired) electrons. The predicted molar refractivity (Wildman–Crippen MR) is 106 cm³/mol. The molecule has 2 aromatic rings. The first-order valence-electron chi connectivity index (χ1n) is 9.56. The monoisotopic (exact) mass is 426 g/mol. The van der Waals surface area contributed by atoms with Crippen molar-refractivity contribution in [1.82, 2.24) is 4.90 Å². The van der Waals surface area contributed by atoms with E-state index >= 15 is 0 Å². The number of alkyl halides is 3. The number of nitro benzene ring substituents is 1. The number of nitrogens with zero attached hydrogens (tertiary/aromatic N) is 3. The van der Waals surface area contributed by atoms with E-state index in [4.69, 9.17) is 0 Å². The van der Waals surface area contributed by atoms with E-state index in [0.29, 0.717) is 19.0 Å². The number of halogens is 4. The lowest BCUT2D eigenvalue weighted by molar-refractivity contribution is -0.384. The molecule has 10 heteroatoms. The molecule has 1 aliphatic rings. The van der Waals surface area contributed by atoms with Crippen molar-refractivity contribution in [2.24, 2.45) is 0 Å². The summed E-state index contributed by atoms with van der Waals surface area (Å²) in [4.78, 5) is 14.7. The lowest BCUT2D eigenvalue weighted by Gasteiger charge is -2.36. The molecule has 0 atom stereocenters. The number of piperazine rings is 1. The van der Waals surface area contributed by atoms with Crippen molar-refractivity contribution in [2.75, 3.05) is 49.5 Å². The number of benzene rings is 2. The first-order chi connectivity index (χ1) is 14.2. The normalized spacial score (nSPS) is 15.3. The zero-order valence-corrected chi connectivity index (χ0v) is 16.2. The van der Waals surface area contributed by atoms with Crippen molar-refractivity contribution >= 4 is 17.1 Å². The molecule has 2 aromatic carbocycles. The van der Waals surface area contributed by atoms with Crippen molar-refractivity contribution in [3.05, 3.63) is 64.0 Å². The summed E-state index contributed by atoms with van der Waals surface area (Å²) in [6.07, 6.45) is -3.94. The zero-order chi connectivity index (χ0) is 21.7. The molecule has 1 aliphatic heterocycles. The average molecular weight is 426 g/mol. The topological polar surface area (TPSA) is 61.7 Å². The molecule has 1 N–H and O–H groups in total. The molecule has 3 rings (SSSR count). The highest BCUT2D eigenvalue weighted by molar-refractivity contribution is 5.62. The van der Waals surface area contributed by atoms with Crippen molar-refractivity contribution in [3.8, 4) is 0 Å². The number of anilines is 2. The van der Waals surface area contributed by atoms with Gasteiger partial charge in [-0.15, -0.1) is 0 Å². The van der Waals surface area contributed by atoms with Gasteiger partial charge in [-0.1, -0.05) is 0 Å². The SMILES string of the molecule is O=[N+]([O-])c1cc(C(F)(F)F)ccc1NCCCN1CCN(c2ccc(F)cc2)CC1. The van der Waals surface area contributed by atoms with Gasteiger partial charge in [0.05, 0.1) is 10.5 Å². The highest BCUT2D eigenvalue weighted by atomic mass is 19.4. The highest BCUT2D eigenvalue weighted by Crippen LogP contribution is 2.34. The summed E-state index contributed by atoms with van der Waals surface area (Å²) < 4.78 is 51.3. The first-order valence-corrected chi connectivity index (χ1v) is 9.56. The van der Waals surface area contributed by atoms with Crippen LogP contribution < -0.4 is 10.2 Å². The fourth-order valence-electron chi connectivity index (χ4n) is 3.42. The first kappa shape index (κ1) is 21.8. The Morgan fingerprint density at radius 3 is 2.30 bits per heavy atom. The standard InChI is InChI=1S/C20H22F4N4O2/c21-16-3-5-17(6-4-16)27-12-10-26(11-13-27)9-1-8-25-18-7-2-15(20(22,23)24)14-19(18)28(29)30/h2-7,14,25H,1,8-13H2. The van der Waals surface area contributed by atoms with Crippen LogP contribution in [0.25, 0.3) is 0 Å². The second-order valence-corrected chi connectivity index (χ2v) is 7.07. The van der Waals surface area contributed by atoms with Crippen molar-refractivity contribution in [2.45, 2.75) is 12.6 Å². The lowest BCUT2D eigenvalue weighted by Crippen LogP contribution is -2.46. The molecule has 1 saturated heterocycles. The van der Waals surface area contributed by atoms with E-state index in [0.717, 1.165) is 50.5 Å². The van der Waals surface area contributed by atoms with Crippen LogP contribution in [-0.2, 0) is 6.18 Å². The average Bonchev–Trinajstić information content (AvgIpc) is 2.71. The van der Waals surface area contributed by atoms with Gasteiger partial charge in [0.1, 0.15) is 11.5 Å². The summed E-state index contributed by atoms with van der Waals surface area (Å²) in [6, 6.07) is 8.88. The molecular formula is C20H22F4N4O2. The van der Waals surface area contributed by atoms with Crippen LogP contribution in [0, 0.1) is 15.9 Å². The van der Waals surface area contributed by atoms with Gasteiger partial charge in [0.25, 0.3) is 5.69 Å². The minimum Gasteiger partial charge on any atom is -0.379 e. The van der Waals surface area contributed by atoms with Crippen LogP contribution in [0.15, 0.2) is 42.5 Å². The van der Waals surface area contributed by atoms with Gasteiger partial charge in [0, 0.05) is 44.5 Å². The van der Waals surface area contributed by atoms with E-state index < -0.39 is 22.4 Å². The van der Waals surface area contributed by atoms with E-state index in [1.165, 1.54) is 12.1 Å². The van der Waals surface area contributed by atoms with Crippen LogP contribution in [0.4, 0.5) is 34.6 Å². The summed E-state index contributed by atoms with van der Waals surface area (Å²) in [5, 5.41) is 14.0. The van der Waals surface area contributed by atoms with E-state index in [-0.39, 0.29) is 11.5 Å². The van der Waals surface area contributed by atoms with Crippen LogP contribution in [0.2, 0.25) is 0 Å². The maximum Gasteiger partial charge on any atom is 0.416 e. The predicted octanol–water partition coefficient (Wildman–Crippen LogP) is 4.38. The third-order valence-electron chi connectivity index (χ3n) is 5.05. The summed E-state index contributed by atoms with van der Waals surface area (Å²) in [6.45, 7) is 4.45. The third kappa shape index (κ3) is 5.59. The molecule has 0 aromatic heterocycles. The maximum absolute atomic E-state index is 13.0. The Morgan fingerprint density at radius 2 is 1.70 bits per heavy atom. The van der Waals surface area contributed by atoms with E-state index in [1.54, 1.807) is 12.1 Å². The Bertz CT molecular complexity index is 866. The summed E-state index contributed by atoms with van der Waals surface area (Å²) in [7, 11) is 0. The van der Waals surface area contributed by atoms with Gasteiger partial charge in [-0.05, 0) is 49.4 Å². The maximum atomic E-state index is 13.0. The number of nitrogens with one attached hydrogen (secondary N) is 1. The van der Waals surface area contributed by atoms with E-state index in [1.807, 2.05) is 0 Å². The van der Waals surface area contributed by atoms with Gasteiger partial charge in [-0.2, -0.15) is 13.2 Å². The van der Waals surface area contributed by atoms with Gasteiger partial charge >= 0.3 is 6.18 Å². The third-order valence-corrected chi connectivity index (χ3v) is 5.05. The Labute approximate surface area is 171 Å². The molecule has 1 heterocycles. The van der Waals surface area contributed by atoms with E-state index in [2.05, 4.69) is 15.1 Å². The molecule has 30 heavy (non-hydrogen) atoms. The van der Waals surface area contributed by atoms with Crippen LogP contribution in [-0.4, -0.2) is 49.1 Å². The molecule has 0 spiro atoms. The second-order valence-electron chi connectivity index (χ2n) is 7.07. The molecule has 162 valence electrons. The van der Waals surface area contributed by atoms with Crippen molar-refractivity contribution < 1.29 is 22.5 Å². The molecule has 0 amide bonds. The minimum absolute atomic E-state index is 0.0779. The Kier molecular flexibility index (Phi) is 6.76. The minimum atomic E-state index is -4.63.